The fraction of sp³-hybridized carbons (Fsp3) is 0.474. The fourth-order valence-electron chi connectivity index (χ4n) is 2.91. The first-order valence-corrected chi connectivity index (χ1v) is 8.77. The van der Waals surface area contributed by atoms with Crippen LogP contribution in [0.2, 0.25) is 0 Å². The van der Waals surface area contributed by atoms with Gasteiger partial charge in [-0.25, -0.2) is 9.78 Å². The molecule has 6 heteroatoms. The summed E-state index contributed by atoms with van der Waals surface area (Å²) < 4.78 is 10.7. The molecule has 0 saturated carbocycles. The summed E-state index contributed by atoms with van der Waals surface area (Å²) in [6, 6.07) is 7.59. The van der Waals surface area contributed by atoms with Gasteiger partial charge in [-0.3, -0.25) is 0 Å². The zero-order valence-corrected chi connectivity index (χ0v) is 14.8. The van der Waals surface area contributed by atoms with Crippen LogP contribution in [0.15, 0.2) is 34.9 Å². The number of ether oxygens (including phenoxy) is 1. The minimum atomic E-state index is 0.0192. The molecule has 0 spiro atoms. The number of hydrogen-bond acceptors (Lipinski definition) is 4. The van der Waals surface area contributed by atoms with Crippen molar-refractivity contribution in [2.75, 3.05) is 26.7 Å². The Morgan fingerprint density at radius 1 is 1.32 bits per heavy atom. The number of carbonyl (C=O) groups excluding carboxylic acids is 1. The lowest BCUT2D eigenvalue weighted by atomic mass is 10.00. The molecule has 2 amide bonds. The van der Waals surface area contributed by atoms with Gasteiger partial charge < -0.3 is 19.4 Å². The molecule has 0 bridgehead atoms. The number of methoxy groups -OCH3 is 1. The average molecular weight is 343 g/mol. The van der Waals surface area contributed by atoms with Crippen LogP contribution in [0.1, 0.15) is 25.5 Å². The number of amides is 2. The lowest BCUT2D eigenvalue weighted by Gasteiger charge is -2.30. The predicted octanol–water partition coefficient (Wildman–Crippen LogP) is 3.33. The molecule has 1 fully saturated rings. The van der Waals surface area contributed by atoms with Crippen LogP contribution in [-0.2, 0) is 6.42 Å². The number of likely N-dealkylation sites (tertiary alicyclic amines) is 1. The van der Waals surface area contributed by atoms with Gasteiger partial charge in [0.05, 0.1) is 12.8 Å². The quantitative estimate of drug-likeness (QED) is 0.904. The predicted molar refractivity (Wildman–Crippen MR) is 95.6 cm³/mol. The van der Waals surface area contributed by atoms with E-state index in [2.05, 4.69) is 17.2 Å². The average Bonchev–Trinajstić information content (AvgIpc) is 3.11. The summed E-state index contributed by atoms with van der Waals surface area (Å²) in [7, 11) is 1.64. The zero-order chi connectivity index (χ0) is 17.6. The highest BCUT2D eigenvalue weighted by atomic mass is 16.5. The van der Waals surface area contributed by atoms with Gasteiger partial charge in [0.1, 0.15) is 12.0 Å². The molecule has 0 aliphatic carbocycles. The molecule has 25 heavy (non-hydrogen) atoms. The smallest absolute Gasteiger partial charge is 0.317 e. The molecule has 134 valence electrons. The van der Waals surface area contributed by atoms with Gasteiger partial charge in [-0.2, -0.15) is 0 Å². The van der Waals surface area contributed by atoms with Crippen LogP contribution in [0.3, 0.4) is 0 Å². The molecule has 0 radical (unpaired) electrons. The maximum absolute atomic E-state index is 12.1. The second-order valence-corrected chi connectivity index (χ2v) is 6.52. The third-order valence-corrected chi connectivity index (χ3v) is 4.62. The van der Waals surface area contributed by atoms with Crippen molar-refractivity contribution in [2.24, 2.45) is 5.92 Å². The van der Waals surface area contributed by atoms with E-state index >= 15 is 0 Å². The Kier molecular flexibility index (Phi) is 5.58. The lowest BCUT2D eigenvalue weighted by Crippen LogP contribution is -2.44. The van der Waals surface area contributed by atoms with Gasteiger partial charge in [0, 0.05) is 31.6 Å². The highest BCUT2D eigenvalue weighted by Gasteiger charge is 2.19. The van der Waals surface area contributed by atoms with Crippen molar-refractivity contribution >= 4 is 6.03 Å². The monoisotopic (exact) mass is 343 g/mol. The van der Waals surface area contributed by atoms with Gasteiger partial charge in [-0.15, -0.1) is 0 Å². The van der Waals surface area contributed by atoms with Crippen molar-refractivity contribution < 1.29 is 13.9 Å². The van der Waals surface area contributed by atoms with E-state index in [0.29, 0.717) is 18.9 Å². The molecular formula is C19H25N3O3. The number of oxazole rings is 1. The first kappa shape index (κ1) is 17.3. The van der Waals surface area contributed by atoms with Crippen molar-refractivity contribution in [2.45, 2.75) is 26.2 Å². The Morgan fingerprint density at radius 3 is 2.72 bits per heavy atom. The van der Waals surface area contributed by atoms with Crippen LogP contribution in [0.4, 0.5) is 4.79 Å². The molecule has 0 unspecified atom stereocenters. The number of urea groups is 1. The van der Waals surface area contributed by atoms with E-state index in [1.165, 1.54) is 0 Å². The van der Waals surface area contributed by atoms with Gasteiger partial charge in [-0.1, -0.05) is 6.92 Å². The highest BCUT2D eigenvalue weighted by molar-refractivity contribution is 5.74. The number of nitrogens with one attached hydrogen (secondary N) is 1. The molecule has 1 saturated heterocycles. The summed E-state index contributed by atoms with van der Waals surface area (Å²) in [5.74, 6) is 2.09. The number of rotatable bonds is 5. The molecule has 0 atom stereocenters. The zero-order valence-electron chi connectivity index (χ0n) is 14.8. The minimum absolute atomic E-state index is 0.0192. The number of benzene rings is 1. The van der Waals surface area contributed by atoms with Crippen molar-refractivity contribution in [3.8, 4) is 17.2 Å². The standard InChI is InChI=1S/C19H25N3O3/c1-14-8-11-22(12-9-14)19(23)20-10-7-16-13-25-18(21-16)15-3-5-17(24-2)6-4-15/h3-6,13-14H,7-12H2,1-2H3,(H,20,23). The van der Waals surface area contributed by atoms with Gasteiger partial charge >= 0.3 is 6.03 Å². The van der Waals surface area contributed by atoms with Crippen LogP contribution in [0, 0.1) is 5.92 Å². The van der Waals surface area contributed by atoms with Crippen LogP contribution in [-0.4, -0.2) is 42.7 Å². The van der Waals surface area contributed by atoms with Gasteiger partial charge in [-0.05, 0) is 43.0 Å². The Bertz CT molecular complexity index is 688. The van der Waals surface area contributed by atoms with Crippen LogP contribution in [0.25, 0.3) is 11.5 Å². The Morgan fingerprint density at radius 2 is 2.04 bits per heavy atom. The molecule has 1 aromatic carbocycles. The Labute approximate surface area is 148 Å². The number of aromatic nitrogens is 1. The molecule has 6 nitrogen and oxygen atoms in total. The minimum Gasteiger partial charge on any atom is -0.497 e. The number of nitrogens with zero attached hydrogens (tertiary/aromatic N) is 2. The van der Waals surface area contributed by atoms with Crippen LogP contribution < -0.4 is 10.1 Å². The maximum atomic E-state index is 12.1. The summed E-state index contributed by atoms with van der Waals surface area (Å²) >= 11 is 0. The second-order valence-electron chi connectivity index (χ2n) is 6.52. The number of piperidine rings is 1. The van der Waals surface area contributed by atoms with E-state index in [-0.39, 0.29) is 6.03 Å². The van der Waals surface area contributed by atoms with E-state index in [1.807, 2.05) is 29.2 Å². The highest BCUT2D eigenvalue weighted by Crippen LogP contribution is 2.22. The van der Waals surface area contributed by atoms with Crippen molar-refractivity contribution in [1.82, 2.24) is 15.2 Å². The largest absolute Gasteiger partial charge is 0.497 e. The van der Waals surface area contributed by atoms with Crippen molar-refractivity contribution in [1.29, 1.82) is 0 Å². The Balaban J connectivity index is 1.47. The normalized spacial score (nSPS) is 15.2. The van der Waals surface area contributed by atoms with Gasteiger partial charge in [0.25, 0.3) is 0 Å². The Hall–Kier alpha value is -2.50. The molecule has 1 aliphatic rings. The summed E-state index contributed by atoms with van der Waals surface area (Å²) in [6.07, 6.45) is 4.47. The van der Waals surface area contributed by atoms with Crippen LogP contribution in [0.5, 0.6) is 5.75 Å². The molecular weight excluding hydrogens is 318 g/mol. The van der Waals surface area contributed by atoms with E-state index in [0.717, 1.165) is 48.9 Å². The molecule has 2 heterocycles. The van der Waals surface area contributed by atoms with E-state index in [1.54, 1.807) is 13.4 Å². The third-order valence-electron chi connectivity index (χ3n) is 4.62. The summed E-state index contributed by atoms with van der Waals surface area (Å²) in [6.45, 7) is 4.48. The van der Waals surface area contributed by atoms with Gasteiger partial charge in [0.15, 0.2) is 0 Å². The summed E-state index contributed by atoms with van der Waals surface area (Å²) in [5.41, 5.74) is 1.73. The molecule has 1 N–H and O–H groups in total. The third kappa shape index (κ3) is 4.53. The van der Waals surface area contributed by atoms with E-state index in [4.69, 9.17) is 9.15 Å². The fourth-order valence-corrected chi connectivity index (χ4v) is 2.91. The first-order chi connectivity index (χ1) is 12.2. The molecule has 1 aliphatic heterocycles. The topological polar surface area (TPSA) is 67.6 Å². The van der Waals surface area contributed by atoms with Gasteiger partial charge in [0.2, 0.25) is 5.89 Å². The maximum Gasteiger partial charge on any atom is 0.317 e. The van der Waals surface area contributed by atoms with Crippen molar-refractivity contribution in [3.05, 3.63) is 36.2 Å². The number of carbonyl (C=O) groups is 1. The summed E-state index contributed by atoms with van der Waals surface area (Å²) in [4.78, 5) is 18.5. The first-order valence-electron chi connectivity index (χ1n) is 8.77. The number of hydrogen-bond donors (Lipinski definition) is 1. The van der Waals surface area contributed by atoms with E-state index < -0.39 is 0 Å². The van der Waals surface area contributed by atoms with E-state index in [9.17, 15) is 4.79 Å². The van der Waals surface area contributed by atoms with Crippen LogP contribution >= 0.6 is 0 Å². The molecule has 2 aromatic rings. The summed E-state index contributed by atoms with van der Waals surface area (Å²) in [5, 5.41) is 2.97. The second kappa shape index (κ2) is 8.05. The molecule has 1 aromatic heterocycles. The SMILES string of the molecule is COc1ccc(-c2nc(CCNC(=O)N3CCC(C)CC3)co2)cc1. The van der Waals surface area contributed by atoms with Crippen molar-refractivity contribution in [3.63, 3.8) is 0 Å². The molecule has 3 rings (SSSR count). The lowest BCUT2D eigenvalue weighted by molar-refractivity contribution is 0.174.